The number of halogens is 2. The molecule has 2 nitrogen and oxygen atoms in total. The quantitative estimate of drug-likeness (QED) is 0.483. The van der Waals surface area contributed by atoms with Crippen LogP contribution in [0.1, 0.15) is 0 Å². The number of para-hydroxylation sites is 1. The minimum atomic E-state index is -0.928. The van der Waals surface area contributed by atoms with Crippen LogP contribution < -0.4 is 4.89 Å². The minimum absolute atomic E-state index is 0.775. The largest absolute Gasteiger partial charge is 0.334 e. The molecule has 1 N–H and O–H groups in total. The summed E-state index contributed by atoms with van der Waals surface area (Å²) in [6, 6.07) is 3.14. The molecule has 0 bridgehead atoms. The molecule has 0 amide bonds. The standard InChI is InChI=1S/C6H4F2O2/c7-4-2-1-3-5(8)6(4)10-9/h1-3,9H. The molecular formula is C6H4F2O2. The van der Waals surface area contributed by atoms with Gasteiger partial charge in [-0.3, -0.25) is 0 Å². The first-order chi connectivity index (χ1) is 4.75. The third kappa shape index (κ3) is 1.06. The molecule has 1 aromatic rings. The molecule has 54 valence electrons. The van der Waals surface area contributed by atoms with E-state index in [1.54, 1.807) is 0 Å². The molecular weight excluding hydrogens is 142 g/mol. The van der Waals surface area contributed by atoms with E-state index in [2.05, 4.69) is 4.89 Å². The van der Waals surface area contributed by atoms with Gasteiger partial charge in [0.2, 0.25) is 5.75 Å². The molecule has 4 heteroatoms. The van der Waals surface area contributed by atoms with E-state index in [-0.39, 0.29) is 0 Å². The molecule has 0 saturated carbocycles. The lowest BCUT2D eigenvalue weighted by molar-refractivity contribution is -0.143. The summed E-state index contributed by atoms with van der Waals surface area (Å²) in [4.78, 5) is 3.43. The predicted molar refractivity (Wildman–Crippen MR) is 29.6 cm³/mol. The van der Waals surface area contributed by atoms with E-state index in [1.807, 2.05) is 0 Å². The fourth-order valence-corrected chi connectivity index (χ4v) is 0.570. The van der Waals surface area contributed by atoms with Gasteiger partial charge in [0.05, 0.1) is 0 Å². The topological polar surface area (TPSA) is 29.5 Å². The second kappa shape index (κ2) is 2.62. The highest BCUT2D eigenvalue weighted by molar-refractivity contribution is 5.25. The summed E-state index contributed by atoms with van der Waals surface area (Å²) >= 11 is 0. The Kier molecular flexibility index (Phi) is 1.82. The van der Waals surface area contributed by atoms with Gasteiger partial charge < -0.3 is 4.89 Å². The second-order valence-electron chi connectivity index (χ2n) is 1.64. The van der Waals surface area contributed by atoms with Gasteiger partial charge in [0, 0.05) is 0 Å². The van der Waals surface area contributed by atoms with Crippen LogP contribution in [0.25, 0.3) is 0 Å². The van der Waals surface area contributed by atoms with Crippen LogP contribution in [0.2, 0.25) is 0 Å². The first-order valence-corrected chi connectivity index (χ1v) is 2.51. The van der Waals surface area contributed by atoms with E-state index in [4.69, 9.17) is 5.26 Å². The molecule has 0 atom stereocenters. The summed E-state index contributed by atoms with van der Waals surface area (Å²) in [6.07, 6.45) is 0. The molecule has 0 aliphatic carbocycles. The van der Waals surface area contributed by atoms with Crippen LogP contribution in [0.4, 0.5) is 8.78 Å². The molecule has 0 fully saturated rings. The van der Waals surface area contributed by atoms with E-state index in [0.29, 0.717) is 0 Å². The Balaban J connectivity index is 3.17. The van der Waals surface area contributed by atoms with E-state index in [9.17, 15) is 8.78 Å². The molecule has 0 radical (unpaired) electrons. The van der Waals surface area contributed by atoms with E-state index in [1.165, 1.54) is 6.07 Å². The van der Waals surface area contributed by atoms with Gasteiger partial charge in [0.15, 0.2) is 11.6 Å². The number of hydrogen-bond acceptors (Lipinski definition) is 2. The fraction of sp³-hybridized carbons (Fsp3) is 0. The molecule has 0 aliphatic rings. The van der Waals surface area contributed by atoms with E-state index >= 15 is 0 Å². The fourth-order valence-electron chi connectivity index (χ4n) is 0.570. The predicted octanol–water partition coefficient (Wildman–Crippen LogP) is 1.82. The molecule has 0 spiro atoms. The summed E-state index contributed by atoms with van der Waals surface area (Å²) in [5.41, 5.74) is 0. The van der Waals surface area contributed by atoms with Gasteiger partial charge in [-0.1, -0.05) is 6.07 Å². The van der Waals surface area contributed by atoms with Crippen molar-refractivity contribution in [3.05, 3.63) is 29.8 Å². The lowest BCUT2D eigenvalue weighted by Gasteiger charge is -1.97. The molecule has 0 heterocycles. The highest BCUT2D eigenvalue weighted by atomic mass is 19.1. The van der Waals surface area contributed by atoms with Crippen LogP contribution in [-0.4, -0.2) is 5.26 Å². The Morgan fingerprint density at radius 1 is 1.20 bits per heavy atom. The van der Waals surface area contributed by atoms with Crippen molar-refractivity contribution in [3.8, 4) is 5.75 Å². The highest BCUT2D eigenvalue weighted by Crippen LogP contribution is 2.19. The maximum atomic E-state index is 12.3. The smallest absolute Gasteiger partial charge is 0.236 e. The van der Waals surface area contributed by atoms with Crippen LogP contribution in [0.3, 0.4) is 0 Å². The molecule has 0 aliphatic heterocycles. The molecule has 0 unspecified atom stereocenters. The zero-order valence-corrected chi connectivity index (χ0v) is 4.84. The van der Waals surface area contributed by atoms with Crippen LogP contribution in [-0.2, 0) is 0 Å². The third-order valence-corrected chi connectivity index (χ3v) is 1.01. The van der Waals surface area contributed by atoms with Crippen LogP contribution in [0, 0.1) is 11.6 Å². The van der Waals surface area contributed by atoms with Gasteiger partial charge in [0.25, 0.3) is 0 Å². The SMILES string of the molecule is OOc1c(F)cccc1F. The Bertz CT molecular complexity index is 217. The average molecular weight is 146 g/mol. The van der Waals surface area contributed by atoms with Gasteiger partial charge in [-0.2, -0.15) is 0 Å². The lowest BCUT2D eigenvalue weighted by atomic mass is 10.3. The zero-order chi connectivity index (χ0) is 7.56. The van der Waals surface area contributed by atoms with E-state index in [0.717, 1.165) is 12.1 Å². The van der Waals surface area contributed by atoms with Gasteiger partial charge in [-0.05, 0) is 12.1 Å². The van der Waals surface area contributed by atoms with Gasteiger partial charge in [-0.15, -0.1) is 0 Å². The van der Waals surface area contributed by atoms with Gasteiger partial charge >= 0.3 is 0 Å². The molecule has 10 heavy (non-hydrogen) atoms. The normalized spacial score (nSPS) is 9.50. The summed E-state index contributed by atoms with van der Waals surface area (Å²) in [7, 11) is 0. The average Bonchev–Trinajstić information content (AvgIpc) is 1.88. The van der Waals surface area contributed by atoms with Crippen LogP contribution in [0.15, 0.2) is 18.2 Å². The summed E-state index contributed by atoms with van der Waals surface area (Å²) in [6.45, 7) is 0. The number of rotatable bonds is 1. The Labute approximate surface area is 55.6 Å². The third-order valence-electron chi connectivity index (χ3n) is 1.01. The Morgan fingerprint density at radius 2 is 1.70 bits per heavy atom. The van der Waals surface area contributed by atoms with Crippen molar-refractivity contribution in [2.45, 2.75) is 0 Å². The zero-order valence-electron chi connectivity index (χ0n) is 4.84. The number of benzene rings is 1. The van der Waals surface area contributed by atoms with Crippen molar-refractivity contribution in [2.24, 2.45) is 0 Å². The minimum Gasteiger partial charge on any atom is -0.334 e. The first-order valence-electron chi connectivity index (χ1n) is 2.51. The Hall–Kier alpha value is -1.16. The summed E-state index contributed by atoms with van der Waals surface area (Å²) in [5, 5.41) is 7.92. The van der Waals surface area contributed by atoms with Crippen LogP contribution in [0.5, 0.6) is 5.75 Å². The van der Waals surface area contributed by atoms with Gasteiger partial charge in [-0.25, -0.2) is 14.0 Å². The monoisotopic (exact) mass is 146 g/mol. The molecule has 1 rings (SSSR count). The summed E-state index contributed by atoms with van der Waals surface area (Å²) < 4.78 is 24.7. The molecule has 1 aromatic carbocycles. The van der Waals surface area contributed by atoms with Crippen molar-refractivity contribution < 1.29 is 18.9 Å². The van der Waals surface area contributed by atoms with Crippen molar-refractivity contribution in [1.29, 1.82) is 0 Å². The molecule has 0 aromatic heterocycles. The van der Waals surface area contributed by atoms with E-state index < -0.39 is 17.4 Å². The lowest BCUT2D eigenvalue weighted by Crippen LogP contribution is -1.91. The maximum Gasteiger partial charge on any atom is 0.236 e. The van der Waals surface area contributed by atoms with Crippen molar-refractivity contribution >= 4 is 0 Å². The molecule has 0 saturated heterocycles. The first kappa shape index (κ1) is 6.95. The number of hydrogen-bond donors (Lipinski definition) is 1. The summed E-state index contributed by atoms with van der Waals surface area (Å²) in [5.74, 6) is -2.63. The second-order valence-corrected chi connectivity index (χ2v) is 1.64. The highest BCUT2D eigenvalue weighted by Gasteiger charge is 2.08. The maximum absolute atomic E-state index is 12.3. The van der Waals surface area contributed by atoms with Crippen molar-refractivity contribution in [2.75, 3.05) is 0 Å². The van der Waals surface area contributed by atoms with Crippen molar-refractivity contribution in [3.63, 3.8) is 0 Å². The van der Waals surface area contributed by atoms with Crippen LogP contribution >= 0.6 is 0 Å². The van der Waals surface area contributed by atoms with Crippen molar-refractivity contribution in [1.82, 2.24) is 0 Å². The van der Waals surface area contributed by atoms with Gasteiger partial charge in [0.1, 0.15) is 0 Å². The Morgan fingerprint density at radius 3 is 2.00 bits per heavy atom.